The van der Waals surface area contributed by atoms with Crippen LogP contribution in [0.2, 0.25) is 0 Å². The van der Waals surface area contributed by atoms with E-state index in [2.05, 4.69) is 10.6 Å². The van der Waals surface area contributed by atoms with E-state index in [9.17, 15) is 18.0 Å². The van der Waals surface area contributed by atoms with Crippen LogP contribution in [0.15, 0.2) is 24.3 Å². The van der Waals surface area contributed by atoms with Gasteiger partial charge in [0.2, 0.25) is 0 Å². The number of benzene rings is 1. The molecule has 2 rings (SSSR count). The number of ether oxygens (including phenoxy) is 1. The van der Waals surface area contributed by atoms with Crippen molar-refractivity contribution in [2.75, 3.05) is 26.7 Å². The molecule has 1 unspecified atom stereocenters. The van der Waals surface area contributed by atoms with E-state index in [1.807, 2.05) is 6.92 Å². The lowest BCUT2D eigenvalue weighted by Gasteiger charge is -2.34. The maximum Gasteiger partial charge on any atom is 0.416 e. The summed E-state index contributed by atoms with van der Waals surface area (Å²) in [5.74, 6) is -0.234. The van der Waals surface area contributed by atoms with Crippen LogP contribution < -0.4 is 10.6 Å². The van der Waals surface area contributed by atoms with Crippen molar-refractivity contribution in [2.45, 2.75) is 43.9 Å². The first kappa shape index (κ1) is 22.7. The quantitative estimate of drug-likeness (QED) is 0.776. The zero-order chi connectivity index (χ0) is 18.5. The molecule has 0 radical (unpaired) electrons. The van der Waals surface area contributed by atoms with Gasteiger partial charge in [0.05, 0.1) is 5.56 Å². The molecule has 1 heterocycles. The van der Waals surface area contributed by atoms with Crippen LogP contribution in [0, 0.1) is 0 Å². The van der Waals surface area contributed by atoms with Crippen LogP contribution in [-0.4, -0.2) is 38.3 Å². The van der Waals surface area contributed by atoms with Gasteiger partial charge >= 0.3 is 6.18 Å². The summed E-state index contributed by atoms with van der Waals surface area (Å²) in [4.78, 5) is 12.4. The molecule has 0 spiro atoms. The van der Waals surface area contributed by atoms with Gasteiger partial charge < -0.3 is 15.4 Å². The van der Waals surface area contributed by atoms with Crippen LogP contribution in [0.25, 0.3) is 0 Å². The number of alkyl halides is 3. The molecular formula is C18H26ClF3N2O2. The number of halogens is 4. The largest absolute Gasteiger partial charge is 0.416 e. The van der Waals surface area contributed by atoms with Gasteiger partial charge in [-0.05, 0) is 49.9 Å². The maximum atomic E-state index is 12.8. The number of carbonyl (C=O) groups excluding carboxylic acids is 1. The van der Waals surface area contributed by atoms with Gasteiger partial charge in [-0.2, -0.15) is 13.2 Å². The van der Waals surface area contributed by atoms with Crippen LogP contribution in [0.5, 0.6) is 0 Å². The first-order chi connectivity index (χ1) is 11.8. The Kier molecular flexibility index (Phi) is 8.37. The molecule has 0 saturated carbocycles. The van der Waals surface area contributed by atoms with Gasteiger partial charge in [0.25, 0.3) is 5.91 Å². The van der Waals surface area contributed by atoms with Gasteiger partial charge in [-0.25, -0.2) is 0 Å². The molecule has 1 aliphatic heterocycles. The molecule has 148 valence electrons. The van der Waals surface area contributed by atoms with Crippen molar-refractivity contribution in [3.63, 3.8) is 0 Å². The second kappa shape index (κ2) is 9.58. The summed E-state index contributed by atoms with van der Waals surface area (Å²) < 4.78 is 43.9. The maximum absolute atomic E-state index is 12.8. The number of methoxy groups -OCH3 is 1. The molecule has 0 aliphatic carbocycles. The van der Waals surface area contributed by atoms with Crippen LogP contribution in [-0.2, 0) is 15.7 Å². The number of carbonyl (C=O) groups is 1. The molecule has 1 saturated heterocycles. The Labute approximate surface area is 158 Å². The second-order valence-corrected chi connectivity index (χ2v) is 6.52. The van der Waals surface area contributed by atoms with Gasteiger partial charge in [-0.1, -0.05) is 25.1 Å². The van der Waals surface area contributed by atoms with E-state index in [4.69, 9.17) is 4.74 Å². The predicted molar refractivity (Wildman–Crippen MR) is 96.6 cm³/mol. The minimum absolute atomic E-state index is 0. The Morgan fingerprint density at radius 1 is 1.35 bits per heavy atom. The van der Waals surface area contributed by atoms with Gasteiger partial charge in [0.1, 0.15) is 5.60 Å². The van der Waals surface area contributed by atoms with E-state index < -0.39 is 17.3 Å². The summed E-state index contributed by atoms with van der Waals surface area (Å²) in [7, 11) is 1.54. The summed E-state index contributed by atoms with van der Waals surface area (Å²) in [5, 5.41) is 6.07. The average molecular weight is 395 g/mol. The summed E-state index contributed by atoms with van der Waals surface area (Å²) in [5.41, 5.74) is -0.827. The Balaban J connectivity index is 0.00000338. The van der Waals surface area contributed by atoms with Crippen molar-refractivity contribution in [1.29, 1.82) is 0 Å². The Hall–Kier alpha value is -1.31. The Morgan fingerprint density at radius 3 is 2.58 bits per heavy atom. The van der Waals surface area contributed by atoms with Crippen molar-refractivity contribution in [3.05, 3.63) is 35.4 Å². The number of hydrogen-bond donors (Lipinski definition) is 2. The third-order valence-electron chi connectivity index (χ3n) is 4.86. The normalized spacial score (nSPS) is 17.9. The molecule has 1 aromatic carbocycles. The first-order valence-corrected chi connectivity index (χ1v) is 8.50. The number of nitrogens with one attached hydrogen (secondary N) is 2. The van der Waals surface area contributed by atoms with Crippen molar-refractivity contribution >= 4 is 18.3 Å². The molecule has 26 heavy (non-hydrogen) atoms. The van der Waals surface area contributed by atoms with Crippen molar-refractivity contribution < 1.29 is 22.7 Å². The number of amides is 1. The van der Waals surface area contributed by atoms with E-state index in [-0.39, 0.29) is 24.2 Å². The molecular weight excluding hydrogens is 369 g/mol. The summed E-state index contributed by atoms with van der Waals surface area (Å²) in [6.07, 6.45) is -2.56. The number of rotatable bonds is 6. The third-order valence-corrected chi connectivity index (χ3v) is 4.86. The molecule has 1 atom stereocenters. The highest BCUT2D eigenvalue weighted by molar-refractivity contribution is 5.85. The molecule has 1 fully saturated rings. The minimum atomic E-state index is -4.34. The summed E-state index contributed by atoms with van der Waals surface area (Å²) in [6.45, 7) is 3.71. The molecule has 8 heteroatoms. The molecule has 0 aromatic heterocycles. The highest BCUT2D eigenvalue weighted by Crippen LogP contribution is 2.31. The Morgan fingerprint density at radius 2 is 2.00 bits per heavy atom. The zero-order valence-corrected chi connectivity index (χ0v) is 15.8. The van der Waals surface area contributed by atoms with E-state index in [1.54, 1.807) is 6.07 Å². The van der Waals surface area contributed by atoms with Crippen LogP contribution >= 0.6 is 12.4 Å². The van der Waals surface area contributed by atoms with E-state index in [0.717, 1.165) is 19.2 Å². The monoisotopic (exact) mass is 394 g/mol. The van der Waals surface area contributed by atoms with Gasteiger partial charge in [-0.15, -0.1) is 12.4 Å². The summed E-state index contributed by atoms with van der Waals surface area (Å²) >= 11 is 0. The average Bonchev–Trinajstić information content (AvgIpc) is 2.61. The minimum Gasteiger partial charge on any atom is -0.368 e. The Bertz CT molecular complexity index is 590. The highest BCUT2D eigenvalue weighted by atomic mass is 35.5. The fraction of sp³-hybridized carbons (Fsp3) is 0.611. The topological polar surface area (TPSA) is 50.4 Å². The third kappa shape index (κ3) is 5.59. The fourth-order valence-corrected chi connectivity index (χ4v) is 3.11. The van der Waals surface area contributed by atoms with Gasteiger partial charge in [-0.3, -0.25) is 4.79 Å². The lowest BCUT2D eigenvalue weighted by Crippen LogP contribution is -2.54. The SMILES string of the molecule is COC1(C(=O)NCCC(C)c2cccc(C(F)(F)F)c2)CCNCC1.Cl. The molecule has 0 bridgehead atoms. The smallest absolute Gasteiger partial charge is 0.368 e. The van der Waals surface area contributed by atoms with Crippen LogP contribution in [0.1, 0.15) is 43.2 Å². The molecule has 1 amide bonds. The predicted octanol–water partition coefficient (Wildman–Crippen LogP) is 3.51. The van der Waals surface area contributed by atoms with E-state index in [1.165, 1.54) is 19.2 Å². The zero-order valence-electron chi connectivity index (χ0n) is 15.0. The van der Waals surface area contributed by atoms with Crippen molar-refractivity contribution in [1.82, 2.24) is 10.6 Å². The molecule has 2 N–H and O–H groups in total. The highest BCUT2D eigenvalue weighted by Gasteiger charge is 2.39. The number of piperidine rings is 1. The standard InChI is InChI=1S/C18H25F3N2O2.ClH/c1-13(14-4-3-5-15(12-14)18(19,20)21)6-9-23-16(24)17(25-2)7-10-22-11-8-17;/h3-5,12-13,22H,6-11H2,1-2H3,(H,23,24);1H. The molecule has 1 aliphatic rings. The lowest BCUT2D eigenvalue weighted by molar-refractivity contribution is -0.146. The van der Waals surface area contributed by atoms with Crippen molar-refractivity contribution in [2.24, 2.45) is 0 Å². The van der Waals surface area contributed by atoms with Crippen LogP contribution in [0.3, 0.4) is 0 Å². The van der Waals surface area contributed by atoms with Gasteiger partial charge in [0, 0.05) is 13.7 Å². The molecule has 1 aromatic rings. The van der Waals surface area contributed by atoms with Gasteiger partial charge in [0.15, 0.2) is 0 Å². The van der Waals surface area contributed by atoms with E-state index >= 15 is 0 Å². The first-order valence-electron chi connectivity index (χ1n) is 8.50. The van der Waals surface area contributed by atoms with Crippen molar-refractivity contribution in [3.8, 4) is 0 Å². The fourth-order valence-electron chi connectivity index (χ4n) is 3.11. The van der Waals surface area contributed by atoms with Crippen LogP contribution in [0.4, 0.5) is 13.2 Å². The second-order valence-electron chi connectivity index (χ2n) is 6.52. The van der Waals surface area contributed by atoms with E-state index in [0.29, 0.717) is 31.4 Å². The number of hydrogen-bond acceptors (Lipinski definition) is 3. The molecule has 4 nitrogen and oxygen atoms in total. The lowest BCUT2D eigenvalue weighted by atomic mass is 9.90. The summed E-state index contributed by atoms with van der Waals surface area (Å²) in [6, 6.07) is 5.35.